The second-order valence-electron chi connectivity index (χ2n) is 32.9. The van der Waals surface area contributed by atoms with Gasteiger partial charge < -0.3 is 42.6 Å². The molecule has 16 aliphatic carbocycles. The van der Waals surface area contributed by atoms with E-state index in [0.717, 1.165) is 160 Å². The van der Waals surface area contributed by atoms with Crippen LogP contribution in [0.3, 0.4) is 0 Å². The summed E-state index contributed by atoms with van der Waals surface area (Å²) in [5.41, 5.74) is -2.19. The van der Waals surface area contributed by atoms with Gasteiger partial charge in [0.2, 0.25) is 0 Å². The standard InChI is InChI=1S/C69H100O13/c1-32-27-39-36-13-15-38-47(41-29-69(41,42(70)9-8-16-74-17-18-75-21-23-78-30-43(71)81-67(2,3)4)66(73)80-26-25-77-20-19-76-22-24-79-31-44(72)82-68(5,6)7)55-40-28-33-10-11-34-35-12-14-37-45(32)56-53(39)58-50(36)52(38)59(55)63-61-54(40)46(33)48(34)57-49(35)51(37)60(56)65(62(57)61)64(58)63/h32-41,45-65H,8-31H2,1-7H3. The van der Waals surface area contributed by atoms with Crippen molar-refractivity contribution in [3.63, 3.8) is 0 Å². The molecule has 0 aromatic heterocycles. The summed E-state index contributed by atoms with van der Waals surface area (Å²) in [6, 6.07) is 0. The highest BCUT2D eigenvalue weighted by atomic mass is 16.6. The van der Waals surface area contributed by atoms with Crippen LogP contribution in [0, 0.1) is 189 Å². The van der Waals surface area contributed by atoms with E-state index < -0.39 is 28.6 Å². The van der Waals surface area contributed by atoms with Gasteiger partial charge in [0.25, 0.3) is 0 Å². The molecule has 0 N–H and O–H groups in total. The van der Waals surface area contributed by atoms with Crippen LogP contribution in [-0.4, -0.2) is 121 Å². The number of ether oxygens (including phenoxy) is 9. The molecule has 0 radical (unpaired) electrons. The van der Waals surface area contributed by atoms with Crippen molar-refractivity contribution in [3.8, 4) is 0 Å². The zero-order valence-corrected chi connectivity index (χ0v) is 50.7. The van der Waals surface area contributed by atoms with Gasteiger partial charge in [0.05, 0.1) is 59.5 Å². The maximum absolute atomic E-state index is 15.4. The molecule has 0 heterocycles. The lowest BCUT2D eigenvalue weighted by molar-refractivity contribution is -0.161. The van der Waals surface area contributed by atoms with Crippen LogP contribution in [0.4, 0.5) is 0 Å². The Morgan fingerprint density at radius 1 is 0.390 bits per heavy atom. The van der Waals surface area contributed by atoms with Crippen molar-refractivity contribution in [3.05, 3.63) is 0 Å². The van der Waals surface area contributed by atoms with Gasteiger partial charge in [0, 0.05) is 13.0 Å². The van der Waals surface area contributed by atoms with E-state index in [4.69, 9.17) is 42.6 Å². The maximum Gasteiger partial charge on any atom is 0.332 e. The predicted molar refractivity (Wildman–Crippen MR) is 300 cm³/mol. The summed E-state index contributed by atoms with van der Waals surface area (Å²) in [7, 11) is 0. The molecule has 454 valence electrons. The van der Waals surface area contributed by atoms with Crippen LogP contribution in [0.1, 0.15) is 119 Å². The number of hydrogen-bond acceptors (Lipinski definition) is 13. The molecule has 0 aromatic carbocycles. The monoisotopic (exact) mass is 1140 g/mol. The molecule has 13 heteroatoms. The summed E-state index contributed by atoms with van der Waals surface area (Å²) < 4.78 is 51.3. The molecule has 16 aliphatic rings. The van der Waals surface area contributed by atoms with Gasteiger partial charge in [-0.2, -0.15) is 0 Å². The average molecular weight is 1140 g/mol. The third kappa shape index (κ3) is 7.99. The van der Waals surface area contributed by atoms with Crippen molar-refractivity contribution in [1.29, 1.82) is 0 Å². The molecule has 0 saturated heterocycles. The molecule has 13 nitrogen and oxygen atoms in total. The van der Waals surface area contributed by atoms with E-state index in [-0.39, 0.29) is 57.3 Å². The summed E-state index contributed by atoms with van der Waals surface area (Å²) in [6.45, 7) is 17.0. The molecule has 16 saturated carbocycles. The van der Waals surface area contributed by atoms with Crippen molar-refractivity contribution < 1.29 is 61.8 Å². The van der Waals surface area contributed by atoms with Crippen LogP contribution >= 0.6 is 0 Å². The third-order valence-corrected chi connectivity index (χ3v) is 28.4. The van der Waals surface area contributed by atoms with E-state index in [9.17, 15) is 9.59 Å². The zero-order valence-electron chi connectivity index (χ0n) is 50.7. The first kappa shape index (κ1) is 55.2. The van der Waals surface area contributed by atoms with Crippen LogP contribution in [0.25, 0.3) is 0 Å². The van der Waals surface area contributed by atoms with Crippen LogP contribution in [0.15, 0.2) is 0 Å². The molecule has 16 rings (SSSR count). The Labute approximate surface area is 488 Å². The van der Waals surface area contributed by atoms with E-state index in [2.05, 4.69) is 6.92 Å². The number of fused-ring (bicyclic) bond motifs is 4. The average Bonchev–Trinajstić information content (AvgIpc) is 1.45. The molecule has 0 spiro atoms. The molecule has 32 unspecified atom stereocenters. The molecule has 0 aliphatic heterocycles. The minimum absolute atomic E-state index is 0.0702. The van der Waals surface area contributed by atoms with Crippen LogP contribution < -0.4 is 0 Å². The number of ketones is 1. The minimum atomic E-state index is -1.09. The topological polar surface area (TPSA) is 151 Å². The van der Waals surface area contributed by atoms with Crippen LogP contribution in [0.2, 0.25) is 0 Å². The predicted octanol–water partition coefficient (Wildman–Crippen LogP) is 9.50. The summed E-state index contributed by atoms with van der Waals surface area (Å²) in [4.78, 5) is 54.7. The Hall–Kier alpha value is -2.16. The van der Waals surface area contributed by atoms with Crippen molar-refractivity contribution in [2.45, 2.75) is 130 Å². The lowest BCUT2D eigenvalue weighted by atomic mass is 9.43. The van der Waals surface area contributed by atoms with E-state index in [0.29, 0.717) is 83.3 Å². The number of Topliss-reactive ketones (excluding diaryl/α,β-unsaturated/α-hetero) is 1. The quantitative estimate of drug-likeness (QED) is 0.0350. The van der Waals surface area contributed by atoms with Gasteiger partial charge in [-0.15, -0.1) is 0 Å². The highest BCUT2D eigenvalue weighted by Gasteiger charge is 2.89. The fourth-order valence-corrected chi connectivity index (χ4v) is 28.5. The second kappa shape index (κ2) is 20.2. The fourth-order valence-electron chi connectivity index (χ4n) is 28.5. The molecule has 32 atom stereocenters. The van der Waals surface area contributed by atoms with E-state index in [1.54, 1.807) is 12.8 Å². The lowest BCUT2D eigenvalue weighted by Gasteiger charge is -2.62. The summed E-state index contributed by atoms with van der Waals surface area (Å²) >= 11 is 0. The number of carbonyl (C=O) groups is 4. The van der Waals surface area contributed by atoms with E-state index in [1.807, 2.05) is 41.5 Å². The first-order valence-electron chi connectivity index (χ1n) is 34.2. The third-order valence-electron chi connectivity index (χ3n) is 28.4. The van der Waals surface area contributed by atoms with Gasteiger partial charge in [-0.25, -0.2) is 9.59 Å². The van der Waals surface area contributed by atoms with Gasteiger partial charge in [-0.3, -0.25) is 9.59 Å². The SMILES string of the molecule is CC1CC2C3CCC4C5C3C3C2C2C1C1CCC6C7CCC8CC9C%10C8C7C7C6C1C2C1C7C%10C(C5C9C4C2CC2(C(=O)CCCOCCOCCOCC(=O)OC(C)(C)C)C(=O)OCCOCCOCCOCC(=O)OC(C)(C)C)C31. The van der Waals surface area contributed by atoms with Crippen molar-refractivity contribution in [2.24, 2.45) is 189 Å². The first-order valence-corrected chi connectivity index (χ1v) is 34.2. The van der Waals surface area contributed by atoms with Crippen molar-refractivity contribution in [1.82, 2.24) is 0 Å². The lowest BCUT2D eigenvalue weighted by Crippen LogP contribution is -2.58. The first-order chi connectivity index (χ1) is 39.6. The van der Waals surface area contributed by atoms with Crippen LogP contribution in [-0.2, 0) is 61.8 Å². The van der Waals surface area contributed by atoms with Crippen molar-refractivity contribution >= 4 is 23.7 Å². The zero-order chi connectivity index (χ0) is 56.0. The van der Waals surface area contributed by atoms with E-state index in [1.165, 1.54) is 38.5 Å². The minimum Gasteiger partial charge on any atom is -0.462 e. The molecule has 0 amide bonds. The van der Waals surface area contributed by atoms with E-state index >= 15 is 9.59 Å². The molecular formula is C69H100O13. The van der Waals surface area contributed by atoms with Crippen molar-refractivity contribution in [2.75, 3.05) is 85.9 Å². The normalized spacial score (nSPS) is 51.6. The van der Waals surface area contributed by atoms with Gasteiger partial charge in [-0.1, -0.05) is 6.92 Å². The van der Waals surface area contributed by atoms with Gasteiger partial charge >= 0.3 is 17.9 Å². The summed E-state index contributed by atoms with van der Waals surface area (Å²) in [5, 5.41) is 0. The second-order valence-corrected chi connectivity index (χ2v) is 32.9. The Morgan fingerprint density at radius 2 is 0.780 bits per heavy atom. The molecule has 0 aromatic rings. The summed E-state index contributed by atoms with van der Waals surface area (Å²) in [5.74, 6) is 27.0. The fraction of sp³-hybridized carbons (Fsp3) is 0.942. The molecular weight excluding hydrogens is 1040 g/mol. The molecule has 82 heavy (non-hydrogen) atoms. The van der Waals surface area contributed by atoms with Gasteiger partial charge in [0.15, 0.2) is 5.78 Å². The number of hydrogen-bond donors (Lipinski definition) is 0. The molecule has 0 bridgehead atoms. The highest BCUT2D eigenvalue weighted by Crippen LogP contribution is 2.92. The number of rotatable bonds is 26. The summed E-state index contributed by atoms with van der Waals surface area (Å²) in [6.07, 6.45) is 13.5. The highest BCUT2D eigenvalue weighted by molar-refractivity contribution is 6.07. The number of carbonyl (C=O) groups excluding carboxylic acids is 4. The van der Waals surface area contributed by atoms with Gasteiger partial charge in [-0.05, 0) is 289 Å². The molecule has 16 fully saturated rings. The van der Waals surface area contributed by atoms with Gasteiger partial charge in [0.1, 0.15) is 36.4 Å². The smallest absolute Gasteiger partial charge is 0.332 e. The Balaban J connectivity index is 0.637. The Morgan fingerprint density at radius 3 is 1.34 bits per heavy atom. The Bertz CT molecular complexity index is 2440. The maximum atomic E-state index is 15.4. The largest absolute Gasteiger partial charge is 0.462 e. The Kier molecular flexibility index (Phi) is 13.6. The van der Waals surface area contributed by atoms with Crippen LogP contribution in [0.5, 0.6) is 0 Å². The number of esters is 3.